The normalized spacial score (nSPS) is 10.2. The van der Waals surface area contributed by atoms with Crippen LogP contribution in [0.15, 0.2) is 53.0 Å². The van der Waals surface area contributed by atoms with Crippen molar-refractivity contribution in [2.45, 2.75) is 13.0 Å². The van der Waals surface area contributed by atoms with Crippen molar-refractivity contribution >= 4 is 33.4 Å². The van der Waals surface area contributed by atoms with Gasteiger partial charge in [-0.1, -0.05) is 57.9 Å². The van der Waals surface area contributed by atoms with Crippen LogP contribution in [0.4, 0.5) is 0 Å². The molecule has 0 aliphatic heterocycles. The summed E-state index contributed by atoms with van der Waals surface area (Å²) < 4.78 is 0.895. The van der Waals surface area contributed by atoms with Gasteiger partial charge in [0.1, 0.15) is 0 Å². The average molecular weight is 339 g/mol. The van der Waals surface area contributed by atoms with Gasteiger partial charge in [-0.15, -0.1) is 0 Å². The highest BCUT2D eigenvalue weighted by molar-refractivity contribution is 9.10. The molecule has 0 aliphatic carbocycles. The average Bonchev–Trinajstić information content (AvgIpc) is 2.42. The predicted octanol–water partition coefficient (Wildman–Crippen LogP) is 3.96. The summed E-state index contributed by atoms with van der Waals surface area (Å²) in [5, 5.41) is 3.52. The molecule has 2 nitrogen and oxygen atoms in total. The van der Waals surface area contributed by atoms with Gasteiger partial charge in [0.2, 0.25) is 5.91 Å². The number of benzene rings is 2. The van der Waals surface area contributed by atoms with Crippen molar-refractivity contribution in [1.82, 2.24) is 5.32 Å². The molecule has 2 rings (SSSR count). The quantitative estimate of drug-likeness (QED) is 0.898. The largest absolute Gasteiger partial charge is 0.352 e. The molecule has 19 heavy (non-hydrogen) atoms. The standard InChI is InChI=1S/C15H13BrClNO/c16-14-7-6-13(17)8-12(14)9-15(19)18-10-11-4-2-1-3-5-11/h1-8H,9-10H2,(H,18,19). The molecule has 0 heterocycles. The molecule has 0 fully saturated rings. The molecule has 2 aromatic rings. The smallest absolute Gasteiger partial charge is 0.224 e. The van der Waals surface area contributed by atoms with Crippen LogP contribution in [0.1, 0.15) is 11.1 Å². The van der Waals surface area contributed by atoms with Gasteiger partial charge in [-0.2, -0.15) is 0 Å². The van der Waals surface area contributed by atoms with Gasteiger partial charge in [0.05, 0.1) is 6.42 Å². The zero-order valence-electron chi connectivity index (χ0n) is 10.2. The van der Waals surface area contributed by atoms with Crippen molar-refractivity contribution < 1.29 is 4.79 Å². The molecule has 1 amide bonds. The number of carbonyl (C=O) groups is 1. The molecule has 1 N–H and O–H groups in total. The summed E-state index contributed by atoms with van der Waals surface area (Å²) in [6.45, 7) is 0.540. The summed E-state index contributed by atoms with van der Waals surface area (Å²) in [5.74, 6) is -0.0215. The van der Waals surface area contributed by atoms with E-state index in [2.05, 4.69) is 21.2 Å². The fraction of sp³-hybridized carbons (Fsp3) is 0.133. The van der Waals surface area contributed by atoms with E-state index in [1.807, 2.05) is 36.4 Å². The third-order valence-corrected chi connectivity index (χ3v) is 3.70. The van der Waals surface area contributed by atoms with Crippen LogP contribution in [0.2, 0.25) is 5.02 Å². The van der Waals surface area contributed by atoms with Gasteiger partial charge in [-0.05, 0) is 29.3 Å². The van der Waals surface area contributed by atoms with Gasteiger partial charge >= 0.3 is 0 Å². The minimum absolute atomic E-state index is 0.0215. The summed E-state index contributed by atoms with van der Waals surface area (Å²) in [7, 11) is 0. The molecule has 0 radical (unpaired) electrons. The Bertz CT molecular complexity index is 572. The third-order valence-electron chi connectivity index (χ3n) is 2.69. The zero-order valence-corrected chi connectivity index (χ0v) is 12.5. The number of hydrogen-bond acceptors (Lipinski definition) is 1. The molecule has 0 unspecified atom stereocenters. The lowest BCUT2D eigenvalue weighted by molar-refractivity contribution is -0.120. The maximum atomic E-state index is 11.9. The number of rotatable bonds is 4. The van der Waals surface area contributed by atoms with Gasteiger partial charge in [-0.25, -0.2) is 0 Å². The van der Waals surface area contributed by atoms with Gasteiger partial charge < -0.3 is 5.32 Å². The van der Waals surface area contributed by atoms with Gasteiger partial charge in [0, 0.05) is 16.0 Å². The summed E-state index contributed by atoms with van der Waals surface area (Å²) >= 11 is 9.34. The minimum Gasteiger partial charge on any atom is -0.352 e. The molecule has 4 heteroatoms. The Morgan fingerprint density at radius 2 is 1.89 bits per heavy atom. The lowest BCUT2D eigenvalue weighted by Gasteiger charge is -2.07. The van der Waals surface area contributed by atoms with Crippen LogP contribution in [-0.2, 0) is 17.8 Å². The topological polar surface area (TPSA) is 29.1 Å². The van der Waals surface area contributed by atoms with Gasteiger partial charge in [-0.3, -0.25) is 4.79 Å². The molecule has 2 aromatic carbocycles. The van der Waals surface area contributed by atoms with E-state index in [1.165, 1.54) is 0 Å². The van der Waals surface area contributed by atoms with E-state index in [1.54, 1.807) is 12.1 Å². The Kier molecular flexibility index (Phi) is 5.00. The number of carbonyl (C=O) groups excluding carboxylic acids is 1. The summed E-state index contributed by atoms with van der Waals surface area (Å²) in [4.78, 5) is 11.9. The first kappa shape index (κ1) is 14.1. The van der Waals surface area contributed by atoms with Crippen LogP contribution >= 0.6 is 27.5 Å². The predicted molar refractivity (Wildman–Crippen MR) is 81.1 cm³/mol. The van der Waals surface area contributed by atoms with E-state index in [0.717, 1.165) is 15.6 Å². The fourth-order valence-electron chi connectivity index (χ4n) is 1.71. The molecule has 0 spiro atoms. The van der Waals surface area contributed by atoms with Gasteiger partial charge in [0.25, 0.3) is 0 Å². The lowest BCUT2D eigenvalue weighted by atomic mass is 10.1. The molecule has 0 saturated carbocycles. The Hall–Kier alpha value is -1.32. The number of halogens is 2. The summed E-state index contributed by atoms with van der Waals surface area (Å²) in [5.41, 5.74) is 1.97. The number of amides is 1. The highest BCUT2D eigenvalue weighted by Gasteiger charge is 2.07. The summed E-state index contributed by atoms with van der Waals surface area (Å²) in [6, 6.07) is 15.3. The second kappa shape index (κ2) is 6.73. The Labute approximate surface area is 125 Å². The molecular weight excluding hydrogens is 326 g/mol. The maximum absolute atomic E-state index is 11.9. The van der Waals surface area contributed by atoms with Crippen molar-refractivity contribution in [1.29, 1.82) is 0 Å². The first-order valence-electron chi connectivity index (χ1n) is 5.90. The monoisotopic (exact) mass is 337 g/mol. The minimum atomic E-state index is -0.0215. The van der Waals surface area contributed by atoms with E-state index >= 15 is 0 Å². The molecule has 0 atom stereocenters. The van der Waals surface area contributed by atoms with Crippen LogP contribution in [0.25, 0.3) is 0 Å². The zero-order chi connectivity index (χ0) is 13.7. The molecule has 0 aliphatic rings. The lowest BCUT2D eigenvalue weighted by Crippen LogP contribution is -2.24. The van der Waals surface area contributed by atoms with Crippen molar-refractivity contribution in [3.63, 3.8) is 0 Å². The van der Waals surface area contributed by atoms with Gasteiger partial charge in [0.15, 0.2) is 0 Å². The second-order valence-electron chi connectivity index (χ2n) is 4.17. The Morgan fingerprint density at radius 1 is 1.16 bits per heavy atom. The first-order valence-corrected chi connectivity index (χ1v) is 7.07. The SMILES string of the molecule is O=C(Cc1cc(Cl)ccc1Br)NCc1ccccc1. The Balaban J connectivity index is 1.93. The highest BCUT2D eigenvalue weighted by Crippen LogP contribution is 2.21. The van der Waals surface area contributed by atoms with E-state index in [9.17, 15) is 4.79 Å². The number of hydrogen-bond donors (Lipinski definition) is 1. The van der Waals surface area contributed by atoms with Crippen LogP contribution in [0.5, 0.6) is 0 Å². The summed E-state index contributed by atoms with van der Waals surface area (Å²) in [6.07, 6.45) is 0.313. The molecule has 0 saturated heterocycles. The first-order chi connectivity index (χ1) is 9.15. The number of nitrogens with one attached hydrogen (secondary N) is 1. The molecule has 0 aromatic heterocycles. The van der Waals surface area contributed by atoms with E-state index in [4.69, 9.17) is 11.6 Å². The third kappa shape index (κ3) is 4.37. The van der Waals surface area contributed by atoms with Crippen molar-refractivity contribution in [3.8, 4) is 0 Å². The maximum Gasteiger partial charge on any atom is 0.224 e. The van der Waals surface area contributed by atoms with E-state index < -0.39 is 0 Å². The molecule has 0 bridgehead atoms. The van der Waals surface area contributed by atoms with E-state index in [-0.39, 0.29) is 5.91 Å². The fourth-order valence-corrected chi connectivity index (χ4v) is 2.29. The highest BCUT2D eigenvalue weighted by atomic mass is 79.9. The van der Waals surface area contributed by atoms with Crippen molar-refractivity contribution in [3.05, 3.63) is 69.2 Å². The van der Waals surface area contributed by atoms with E-state index in [0.29, 0.717) is 18.0 Å². The van der Waals surface area contributed by atoms with Crippen molar-refractivity contribution in [2.75, 3.05) is 0 Å². The van der Waals surface area contributed by atoms with Crippen LogP contribution in [0, 0.1) is 0 Å². The van der Waals surface area contributed by atoms with Crippen LogP contribution < -0.4 is 5.32 Å². The molecular formula is C15H13BrClNO. The molecule has 98 valence electrons. The van der Waals surface area contributed by atoms with Crippen LogP contribution in [-0.4, -0.2) is 5.91 Å². The second-order valence-corrected chi connectivity index (χ2v) is 5.47. The van der Waals surface area contributed by atoms with Crippen molar-refractivity contribution in [2.24, 2.45) is 0 Å². The Morgan fingerprint density at radius 3 is 2.63 bits per heavy atom. The van der Waals surface area contributed by atoms with Crippen LogP contribution in [0.3, 0.4) is 0 Å².